The van der Waals surface area contributed by atoms with Crippen LogP contribution in [0, 0.1) is 6.92 Å². The maximum Gasteiger partial charge on any atom is 0.0707 e. The van der Waals surface area contributed by atoms with Crippen LogP contribution < -0.4 is 5.32 Å². The number of nitrogens with one attached hydrogen (secondary N) is 1. The van der Waals surface area contributed by atoms with Crippen LogP contribution in [-0.2, 0) is 0 Å². The highest BCUT2D eigenvalue weighted by atomic mass is 15.0. The molecule has 0 radical (unpaired) electrons. The van der Waals surface area contributed by atoms with Gasteiger partial charge in [-0.3, -0.25) is 0 Å². The van der Waals surface area contributed by atoms with Crippen molar-refractivity contribution in [2.24, 2.45) is 0 Å². The van der Waals surface area contributed by atoms with E-state index in [9.17, 15) is 0 Å². The van der Waals surface area contributed by atoms with Crippen molar-refractivity contribution in [1.82, 2.24) is 14.5 Å². The van der Waals surface area contributed by atoms with E-state index in [2.05, 4.69) is 228 Å². The van der Waals surface area contributed by atoms with Gasteiger partial charge in [0, 0.05) is 38.6 Å². The molecule has 1 atom stereocenters. The average Bonchev–Trinajstić information content (AvgIpc) is 3.79. The summed E-state index contributed by atoms with van der Waals surface area (Å²) in [6, 6.07) is 70.7. The summed E-state index contributed by atoms with van der Waals surface area (Å²) in [5, 5.41) is 8.81. The predicted octanol–water partition coefficient (Wildman–Crippen LogP) is 13.6. The van der Waals surface area contributed by atoms with E-state index >= 15 is 0 Å². The molecule has 270 valence electrons. The molecule has 0 bridgehead atoms. The van der Waals surface area contributed by atoms with Crippen LogP contribution in [0.25, 0.3) is 77.4 Å². The zero-order valence-electron chi connectivity index (χ0n) is 31.6. The van der Waals surface area contributed by atoms with Crippen LogP contribution in [0.1, 0.15) is 28.3 Å². The normalized spacial score (nSPS) is 14.2. The minimum Gasteiger partial charge on any atom is -0.374 e. The van der Waals surface area contributed by atoms with Crippen molar-refractivity contribution in [3.63, 3.8) is 0 Å². The topological polar surface area (TPSA) is 21.9 Å². The van der Waals surface area contributed by atoms with E-state index in [-0.39, 0.29) is 6.04 Å². The number of dihydropyridines is 1. The first kappa shape index (κ1) is 33.0. The van der Waals surface area contributed by atoms with E-state index < -0.39 is 0 Å². The molecule has 3 nitrogen and oxygen atoms in total. The zero-order chi connectivity index (χ0) is 37.9. The third-order valence-corrected chi connectivity index (χ3v) is 11.6. The van der Waals surface area contributed by atoms with Gasteiger partial charge in [-0.05, 0) is 113 Å². The van der Waals surface area contributed by atoms with Gasteiger partial charge < -0.3 is 14.5 Å². The second-order valence-corrected chi connectivity index (χ2v) is 15.1. The van der Waals surface area contributed by atoms with Crippen molar-refractivity contribution in [3.8, 4) is 22.5 Å². The van der Waals surface area contributed by atoms with Crippen LogP contribution in [-0.4, -0.2) is 9.13 Å². The number of aromatic nitrogens is 2. The van der Waals surface area contributed by atoms with Crippen LogP contribution in [0.15, 0.2) is 206 Å². The Kier molecular flexibility index (Phi) is 7.78. The minimum absolute atomic E-state index is 0.0510. The molecule has 1 unspecified atom stereocenters. The number of hydrogen-bond acceptors (Lipinski definition) is 1. The molecule has 0 amide bonds. The molecule has 0 saturated carbocycles. The second kappa shape index (κ2) is 13.4. The molecule has 10 aromatic rings. The number of fused-ring (bicyclic) bond motifs is 6. The van der Waals surface area contributed by atoms with Crippen LogP contribution in [0.2, 0.25) is 0 Å². The van der Waals surface area contributed by atoms with Crippen molar-refractivity contribution >= 4 is 54.9 Å². The molecule has 1 N–H and O–H groups in total. The Morgan fingerprint density at radius 3 is 1.60 bits per heavy atom. The fraction of sp³-hybridized carbons (Fsp3) is 0.0370. The number of rotatable bonds is 6. The lowest BCUT2D eigenvalue weighted by Crippen LogP contribution is -2.21. The van der Waals surface area contributed by atoms with E-state index in [1.165, 1.54) is 88.3 Å². The van der Waals surface area contributed by atoms with Gasteiger partial charge in [0.25, 0.3) is 0 Å². The molecular weight excluding hydrogens is 691 g/mol. The van der Waals surface area contributed by atoms with Crippen LogP contribution in [0.4, 0.5) is 0 Å². The zero-order valence-corrected chi connectivity index (χ0v) is 31.6. The molecule has 0 saturated heterocycles. The van der Waals surface area contributed by atoms with Crippen LogP contribution in [0.3, 0.4) is 0 Å². The summed E-state index contributed by atoms with van der Waals surface area (Å²) in [5.41, 5.74) is 16.7. The quantitative estimate of drug-likeness (QED) is 0.181. The molecule has 0 fully saturated rings. The maximum absolute atomic E-state index is 3.80. The van der Waals surface area contributed by atoms with Gasteiger partial charge in [-0.1, -0.05) is 139 Å². The highest BCUT2D eigenvalue weighted by molar-refractivity contribution is 6.12. The molecular formula is C54H39N3. The number of allylic oxidation sites excluding steroid dienone is 2. The molecule has 0 aliphatic carbocycles. The monoisotopic (exact) mass is 729 g/mol. The molecule has 0 spiro atoms. The van der Waals surface area contributed by atoms with Gasteiger partial charge in [0.1, 0.15) is 0 Å². The molecule has 3 heteroatoms. The van der Waals surface area contributed by atoms with Crippen LogP contribution in [0.5, 0.6) is 0 Å². The van der Waals surface area contributed by atoms with E-state index in [0.717, 1.165) is 11.4 Å². The number of nitrogens with zero attached hydrogens (tertiary/aromatic N) is 2. The lowest BCUT2D eigenvalue weighted by molar-refractivity contribution is 0.767. The summed E-state index contributed by atoms with van der Waals surface area (Å²) in [4.78, 5) is 0. The third kappa shape index (κ3) is 5.67. The predicted molar refractivity (Wildman–Crippen MR) is 240 cm³/mol. The Labute approximate surface area is 332 Å². The van der Waals surface area contributed by atoms with E-state index in [1.807, 2.05) is 0 Å². The van der Waals surface area contributed by atoms with Crippen molar-refractivity contribution in [2.45, 2.75) is 13.0 Å². The smallest absolute Gasteiger partial charge is 0.0707 e. The second-order valence-electron chi connectivity index (χ2n) is 15.1. The van der Waals surface area contributed by atoms with Gasteiger partial charge >= 0.3 is 0 Å². The van der Waals surface area contributed by atoms with Gasteiger partial charge in [0.15, 0.2) is 0 Å². The Morgan fingerprint density at radius 1 is 0.404 bits per heavy atom. The van der Waals surface area contributed by atoms with E-state index in [1.54, 1.807) is 0 Å². The highest BCUT2D eigenvalue weighted by Crippen LogP contribution is 2.39. The van der Waals surface area contributed by atoms with Crippen molar-refractivity contribution < 1.29 is 0 Å². The largest absolute Gasteiger partial charge is 0.374 e. The van der Waals surface area contributed by atoms with E-state index in [0.29, 0.717) is 0 Å². The fourth-order valence-electron chi connectivity index (χ4n) is 8.82. The number of hydrogen-bond donors (Lipinski definition) is 1. The summed E-state index contributed by atoms with van der Waals surface area (Å²) >= 11 is 0. The highest BCUT2D eigenvalue weighted by Gasteiger charge is 2.20. The summed E-state index contributed by atoms with van der Waals surface area (Å²) in [6.45, 7) is 2.14. The van der Waals surface area contributed by atoms with E-state index in [4.69, 9.17) is 0 Å². The van der Waals surface area contributed by atoms with Gasteiger partial charge in [0.05, 0.1) is 28.1 Å². The molecule has 1 aliphatic heterocycles. The molecule has 3 heterocycles. The lowest BCUT2D eigenvalue weighted by atomic mass is 9.93. The maximum atomic E-state index is 3.80. The van der Waals surface area contributed by atoms with Gasteiger partial charge in [0.2, 0.25) is 0 Å². The third-order valence-electron chi connectivity index (χ3n) is 11.6. The van der Waals surface area contributed by atoms with Crippen LogP contribution >= 0.6 is 0 Å². The molecule has 2 aromatic heterocycles. The first-order valence-electron chi connectivity index (χ1n) is 19.7. The number of para-hydroxylation sites is 2. The SMILES string of the molecule is Cc1ccc(-n2c3ccccc3c3cc(-c4ccc5c(c4)c4ccccc4n5-c4cccc(C5=CC(c6ccccc6)NC(c6ccccc6)=C5)c4)ccc32)cc1. The molecule has 11 rings (SSSR count). The van der Waals surface area contributed by atoms with Crippen molar-refractivity contribution in [1.29, 1.82) is 0 Å². The summed E-state index contributed by atoms with van der Waals surface area (Å²) in [6.07, 6.45) is 4.65. The Balaban J connectivity index is 1.03. The lowest BCUT2D eigenvalue weighted by Gasteiger charge is -2.26. The Hall–Kier alpha value is -7.36. The van der Waals surface area contributed by atoms with Gasteiger partial charge in [-0.25, -0.2) is 0 Å². The minimum atomic E-state index is 0.0510. The number of benzene rings is 8. The number of aryl methyl sites for hydroxylation is 1. The molecule has 1 aliphatic rings. The summed E-state index contributed by atoms with van der Waals surface area (Å²) in [5.74, 6) is 0. The summed E-state index contributed by atoms with van der Waals surface area (Å²) < 4.78 is 4.81. The Morgan fingerprint density at radius 2 is 0.947 bits per heavy atom. The first-order chi connectivity index (χ1) is 28.2. The fourth-order valence-corrected chi connectivity index (χ4v) is 8.82. The molecule has 57 heavy (non-hydrogen) atoms. The molecule has 8 aromatic carbocycles. The van der Waals surface area contributed by atoms with Gasteiger partial charge in [-0.15, -0.1) is 0 Å². The van der Waals surface area contributed by atoms with Crippen molar-refractivity contribution in [2.75, 3.05) is 0 Å². The van der Waals surface area contributed by atoms with Crippen molar-refractivity contribution in [3.05, 3.63) is 229 Å². The first-order valence-corrected chi connectivity index (χ1v) is 19.7. The summed E-state index contributed by atoms with van der Waals surface area (Å²) in [7, 11) is 0. The standard InChI is InChI=1S/C54H39N3/c1-36-23-27-43(28-24-36)56-51-21-10-8-19-45(51)47-32-40(25-29-53(47)56)41-26-30-54-48(33-41)46-20-9-11-22-52(46)57(54)44-18-12-17-39(31-44)42-34-49(37-13-4-2-5-14-37)55-50(35-42)38-15-6-3-7-16-38/h2-35,49,55H,1H3. The van der Waals surface area contributed by atoms with Gasteiger partial charge in [-0.2, -0.15) is 0 Å². The Bertz CT molecular complexity index is 3200. The average molecular weight is 730 g/mol.